The lowest BCUT2D eigenvalue weighted by molar-refractivity contribution is -0.167. The lowest BCUT2D eigenvalue weighted by Gasteiger charge is -2.26. The number of carbonyl (C=O) groups excluding carboxylic acids is 1. The van der Waals surface area contributed by atoms with Crippen molar-refractivity contribution in [1.82, 2.24) is 5.32 Å². The van der Waals surface area contributed by atoms with Crippen molar-refractivity contribution in [1.29, 1.82) is 0 Å². The molecule has 0 spiro atoms. The van der Waals surface area contributed by atoms with Gasteiger partial charge in [-0.05, 0) is 47.1 Å². The second-order valence-corrected chi connectivity index (χ2v) is 5.66. The summed E-state index contributed by atoms with van der Waals surface area (Å²) in [5.41, 5.74) is -0.447. The van der Waals surface area contributed by atoms with Crippen LogP contribution in [0.1, 0.15) is 47.0 Å². The molecule has 2 atom stereocenters. The smallest absolute Gasteiger partial charge is 0.335 e. The molecule has 0 aromatic carbocycles. The molecule has 100 valence electrons. The third kappa shape index (κ3) is 6.03. The van der Waals surface area contributed by atoms with Crippen molar-refractivity contribution in [2.45, 2.75) is 64.7 Å². The largest absolute Gasteiger partial charge is 0.458 e. The molecular weight excluding hydrogens is 218 g/mol. The van der Waals surface area contributed by atoms with Gasteiger partial charge in [0.25, 0.3) is 0 Å². The van der Waals surface area contributed by atoms with Crippen molar-refractivity contribution in [2.24, 2.45) is 0 Å². The molecule has 1 rings (SSSR count). The van der Waals surface area contributed by atoms with Crippen LogP contribution < -0.4 is 5.32 Å². The first-order valence-electron chi connectivity index (χ1n) is 6.46. The zero-order valence-electron chi connectivity index (χ0n) is 11.4. The molecule has 4 nitrogen and oxygen atoms in total. The summed E-state index contributed by atoms with van der Waals surface area (Å²) in [6.45, 7) is 8.97. The summed E-state index contributed by atoms with van der Waals surface area (Å²) in [4.78, 5) is 11.7. The molecule has 1 fully saturated rings. The molecule has 1 heterocycles. The van der Waals surface area contributed by atoms with Crippen molar-refractivity contribution in [2.75, 3.05) is 13.2 Å². The number of esters is 1. The van der Waals surface area contributed by atoms with Gasteiger partial charge in [0.15, 0.2) is 6.10 Å². The van der Waals surface area contributed by atoms with E-state index in [0.717, 1.165) is 13.0 Å². The third-order valence-electron chi connectivity index (χ3n) is 2.70. The van der Waals surface area contributed by atoms with E-state index in [1.165, 1.54) is 12.8 Å². The van der Waals surface area contributed by atoms with E-state index < -0.39 is 11.7 Å². The van der Waals surface area contributed by atoms with Crippen LogP contribution in [0.4, 0.5) is 0 Å². The topological polar surface area (TPSA) is 47.6 Å². The lowest BCUT2D eigenvalue weighted by Crippen LogP contribution is -2.40. The predicted octanol–water partition coefficient (Wildman–Crippen LogP) is 1.88. The summed E-state index contributed by atoms with van der Waals surface area (Å²) in [6.07, 6.45) is 3.11. The SMILES string of the molecule is CC(OCC1CCCCN1)C(=O)OC(C)(C)C. The highest BCUT2D eigenvalue weighted by molar-refractivity contribution is 5.74. The molecule has 2 unspecified atom stereocenters. The molecule has 0 radical (unpaired) electrons. The highest BCUT2D eigenvalue weighted by atomic mass is 16.6. The van der Waals surface area contributed by atoms with Crippen molar-refractivity contribution >= 4 is 5.97 Å². The van der Waals surface area contributed by atoms with Crippen LogP contribution >= 0.6 is 0 Å². The number of piperidine rings is 1. The first kappa shape index (κ1) is 14.5. The lowest BCUT2D eigenvalue weighted by atomic mass is 10.1. The van der Waals surface area contributed by atoms with Gasteiger partial charge < -0.3 is 14.8 Å². The van der Waals surface area contributed by atoms with E-state index in [2.05, 4.69) is 5.32 Å². The first-order valence-corrected chi connectivity index (χ1v) is 6.46. The van der Waals surface area contributed by atoms with Gasteiger partial charge in [-0.15, -0.1) is 0 Å². The Hall–Kier alpha value is -0.610. The average molecular weight is 243 g/mol. The van der Waals surface area contributed by atoms with E-state index >= 15 is 0 Å². The van der Waals surface area contributed by atoms with Crippen LogP contribution in [0, 0.1) is 0 Å². The van der Waals surface area contributed by atoms with Crippen LogP contribution in [0.2, 0.25) is 0 Å². The maximum Gasteiger partial charge on any atom is 0.335 e. The number of nitrogens with one attached hydrogen (secondary N) is 1. The molecule has 0 saturated carbocycles. The maximum absolute atomic E-state index is 11.7. The summed E-state index contributed by atoms with van der Waals surface area (Å²) < 4.78 is 10.8. The van der Waals surface area contributed by atoms with E-state index in [0.29, 0.717) is 12.6 Å². The molecule has 1 saturated heterocycles. The zero-order chi connectivity index (χ0) is 12.9. The van der Waals surface area contributed by atoms with Crippen LogP contribution in [-0.4, -0.2) is 36.9 Å². The van der Waals surface area contributed by atoms with Gasteiger partial charge in [-0.3, -0.25) is 0 Å². The molecule has 0 bridgehead atoms. The van der Waals surface area contributed by atoms with Crippen molar-refractivity contribution in [3.05, 3.63) is 0 Å². The number of hydrogen-bond acceptors (Lipinski definition) is 4. The molecule has 0 aromatic heterocycles. The fourth-order valence-electron chi connectivity index (χ4n) is 1.78. The van der Waals surface area contributed by atoms with E-state index in [9.17, 15) is 4.79 Å². The Balaban J connectivity index is 2.23. The van der Waals surface area contributed by atoms with E-state index in [-0.39, 0.29) is 5.97 Å². The molecule has 0 aliphatic carbocycles. The molecule has 1 N–H and O–H groups in total. The zero-order valence-corrected chi connectivity index (χ0v) is 11.4. The van der Waals surface area contributed by atoms with Gasteiger partial charge in [0.05, 0.1) is 6.61 Å². The van der Waals surface area contributed by atoms with Gasteiger partial charge in [-0.1, -0.05) is 6.42 Å². The van der Waals surface area contributed by atoms with Crippen LogP contribution in [0.25, 0.3) is 0 Å². The number of hydrogen-bond donors (Lipinski definition) is 1. The molecule has 1 aliphatic rings. The predicted molar refractivity (Wildman–Crippen MR) is 66.9 cm³/mol. The Morgan fingerprint density at radius 1 is 1.41 bits per heavy atom. The van der Waals surface area contributed by atoms with Gasteiger partial charge in [0, 0.05) is 6.04 Å². The standard InChI is InChI=1S/C13H25NO3/c1-10(12(15)17-13(2,3)4)16-9-11-7-5-6-8-14-11/h10-11,14H,5-9H2,1-4H3. The van der Waals surface area contributed by atoms with Gasteiger partial charge in [0.2, 0.25) is 0 Å². The Kier molecular flexibility index (Phi) is 5.40. The second kappa shape index (κ2) is 6.36. The average Bonchev–Trinajstić information content (AvgIpc) is 2.25. The van der Waals surface area contributed by atoms with Gasteiger partial charge in [-0.2, -0.15) is 0 Å². The van der Waals surface area contributed by atoms with Gasteiger partial charge in [0.1, 0.15) is 5.60 Å². The minimum absolute atomic E-state index is 0.284. The van der Waals surface area contributed by atoms with Crippen LogP contribution in [0.15, 0.2) is 0 Å². The summed E-state index contributed by atoms with van der Waals surface area (Å²) in [7, 11) is 0. The molecular formula is C13H25NO3. The molecule has 0 amide bonds. The Labute approximate surface area is 104 Å². The van der Waals surface area contributed by atoms with Crippen LogP contribution in [0.3, 0.4) is 0 Å². The van der Waals surface area contributed by atoms with E-state index in [4.69, 9.17) is 9.47 Å². The molecule has 0 aromatic rings. The molecule has 4 heteroatoms. The summed E-state index contributed by atoms with van der Waals surface area (Å²) in [6, 6.07) is 0.383. The minimum atomic E-state index is -0.488. The third-order valence-corrected chi connectivity index (χ3v) is 2.70. The normalized spacial score (nSPS) is 23.2. The quantitative estimate of drug-likeness (QED) is 0.766. The summed E-state index contributed by atoms with van der Waals surface area (Å²) in [5, 5.41) is 3.38. The second-order valence-electron chi connectivity index (χ2n) is 5.66. The minimum Gasteiger partial charge on any atom is -0.458 e. The molecule has 1 aliphatic heterocycles. The Morgan fingerprint density at radius 2 is 2.12 bits per heavy atom. The highest BCUT2D eigenvalue weighted by Gasteiger charge is 2.23. The first-order chi connectivity index (χ1) is 7.88. The van der Waals surface area contributed by atoms with E-state index in [1.807, 2.05) is 20.8 Å². The fourth-order valence-corrected chi connectivity index (χ4v) is 1.78. The number of rotatable bonds is 4. The van der Waals surface area contributed by atoms with Crippen molar-refractivity contribution in [3.8, 4) is 0 Å². The summed E-state index contributed by atoms with van der Waals surface area (Å²) in [5.74, 6) is -0.284. The monoisotopic (exact) mass is 243 g/mol. The van der Waals surface area contributed by atoms with Crippen molar-refractivity contribution < 1.29 is 14.3 Å². The van der Waals surface area contributed by atoms with Gasteiger partial charge >= 0.3 is 5.97 Å². The van der Waals surface area contributed by atoms with Gasteiger partial charge in [-0.25, -0.2) is 4.79 Å². The highest BCUT2D eigenvalue weighted by Crippen LogP contribution is 2.11. The van der Waals surface area contributed by atoms with Crippen LogP contribution in [-0.2, 0) is 14.3 Å². The number of ether oxygens (including phenoxy) is 2. The van der Waals surface area contributed by atoms with E-state index in [1.54, 1.807) is 6.92 Å². The molecule has 17 heavy (non-hydrogen) atoms. The number of carbonyl (C=O) groups is 1. The maximum atomic E-state index is 11.7. The van der Waals surface area contributed by atoms with Crippen LogP contribution in [0.5, 0.6) is 0 Å². The summed E-state index contributed by atoms with van der Waals surface area (Å²) >= 11 is 0. The Morgan fingerprint density at radius 3 is 2.65 bits per heavy atom. The Bertz CT molecular complexity index is 242. The fraction of sp³-hybridized carbons (Fsp3) is 0.923. The van der Waals surface area contributed by atoms with Crippen molar-refractivity contribution in [3.63, 3.8) is 0 Å².